The van der Waals surface area contributed by atoms with E-state index in [1.54, 1.807) is 0 Å². The number of nitrogens with zero attached hydrogens (tertiary/aromatic N) is 2. The molecular weight excluding hydrogens is 124 g/mol. The molecule has 0 aromatic carbocycles. The Hall–Kier alpha value is -0.790. The summed E-state index contributed by atoms with van der Waals surface area (Å²) in [6, 6.07) is 0. The molecule has 2 rings (SSSR count). The van der Waals surface area contributed by atoms with Gasteiger partial charge in [0.25, 0.3) is 0 Å². The summed E-state index contributed by atoms with van der Waals surface area (Å²) < 4.78 is 2.35. The van der Waals surface area contributed by atoms with Crippen molar-refractivity contribution >= 4 is 0 Å². The minimum Gasteiger partial charge on any atom is -0.332 e. The summed E-state index contributed by atoms with van der Waals surface area (Å²) in [5.41, 5.74) is 1.40. The summed E-state index contributed by atoms with van der Waals surface area (Å²) in [6.07, 6.45) is 5.59. The topological polar surface area (TPSA) is 17.8 Å². The Kier molecular flexibility index (Phi) is 1.26. The molecule has 0 atom stereocenters. The van der Waals surface area contributed by atoms with Gasteiger partial charge in [-0.1, -0.05) is 6.92 Å². The van der Waals surface area contributed by atoms with Gasteiger partial charge in [0.2, 0.25) is 0 Å². The van der Waals surface area contributed by atoms with Crippen LogP contribution in [0.4, 0.5) is 0 Å². The largest absolute Gasteiger partial charge is 0.332 e. The van der Waals surface area contributed by atoms with Crippen molar-refractivity contribution in [2.24, 2.45) is 0 Å². The molecule has 0 amide bonds. The second-order valence-corrected chi connectivity index (χ2v) is 2.77. The molecule has 0 bridgehead atoms. The lowest BCUT2D eigenvalue weighted by atomic mass is 10.3. The Labute approximate surface area is 60.9 Å². The lowest BCUT2D eigenvalue weighted by Gasteiger charge is -1.99. The minimum absolute atomic E-state index is 1.12. The Morgan fingerprint density at radius 3 is 3.40 bits per heavy atom. The highest BCUT2D eigenvalue weighted by Gasteiger charge is 2.13. The SMILES string of the molecule is CCc1cnc2n1CCC2. The standard InChI is InChI=1S/C8H12N2/c1-2-7-6-9-8-4-3-5-10(7)8/h6H,2-5H2,1H3. The molecule has 0 N–H and O–H groups in total. The molecule has 0 aliphatic carbocycles. The van der Waals surface area contributed by atoms with Crippen LogP contribution in [0.1, 0.15) is 24.9 Å². The first kappa shape index (κ1) is 5.96. The van der Waals surface area contributed by atoms with E-state index in [-0.39, 0.29) is 0 Å². The average Bonchev–Trinajstić information content (AvgIpc) is 2.44. The van der Waals surface area contributed by atoms with E-state index >= 15 is 0 Å². The van der Waals surface area contributed by atoms with Crippen molar-refractivity contribution in [3.8, 4) is 0 Å². The van der Waals surface area contributed by atoms with E-state index in [0.717, 1.165) is 6.42 Å². The molecule has 1 aromatic rings. The first-order valence-electron chi connectivity index (χ1n) is 3.95. The van der Waals surface area contributed by atoms with E-state index in [4.69, 9.17) is 0 Å². The zero-order valence-corrected chi connectivity index (χ0v) is 6.30. The van der Waals surface area contributed by atoms with Gasteiger partial charge in [0, 0.05) is 24.9 Å². The van der Waals surface area contributed by atoms with E-state index in [2.05, 4.69) is 16.5 Å². The van der Waals surface area contributed by atoms with Gasteiger partial charge in [0.15, 0.2) is 0 Å². The molecule has 2 nitrogen and oxygen atoms in total. The summed E-state index contributed by atoms with van der Waals surface area (Å²) >= 11 is 0. The Morgan fingerprint density at radius 1 is 1.70 bits per heavy atom. The molecule has 0 fully saturated rings. The maximum absolute atomic E-state index is 4.33. The van der Waals surface area contributed by atoms with Gasteiger partial charge in [-0.15, -0.1) is 0 Å². The molecule has 1 aromatic heterocycles. The van der Waals surface area contributed by atoms with Crippen LogP contribution < -0.4 is 0 Å². The fourth-order valence-corrected chi connectivity index (χ4v) is 1.60. The predicted molar refractivity (Wildman–Crippen MR) is 39.9 cm³/mol. The number of imidazole rings is 1. The van der Waals surface area contributed by atoms with Crippen molar-refractivity contribution in [2.45, 2.75) is 32.7 Å². The van der Waals surface area contributed by atoms with Gasteiger partial charge < -0.3 is 4.57 Å². The van der Waals surface area contributed by atoms with E-state index in [9.17, 15) is 0 Å². The molecular formula is C8H12N2. The zero-order valence-electron chi connectivity index (χ0n) is 6.30. The number of hydrogen-bond donors (Lipinski definition) is 0. The van der Waals surface area contributed by atoms with Gasteiger partial charge in [-0.2, -0.15) is 0 Å². The van der Waals surface area contributed by atoms with E-state index in [1.165, 1.54) is 30.9 Å². The number of aryl methyl sites for hydroxylation is 2. The van der Waals surface area contributed by atoms with Crippen LogP contribution in [0.5, 0.6) is 0 Å². The van der Waals surface area contributed by atoms with Crippen LogP contribution in [0.2, 0.25) is 0 Å². The van der Waals surface area contributed by atoms with Crippen molar-refractivity contribution < 1.29 is 0 Å². The van der Waals surface area contributed by atoms with Gasteiger partial charge in [0.05, 0.1) is 0 Å². The summed E-state index contributed by atoms with van der Waals surface area (Å²) in [7, 11) is 0. The summed E-state index contributed by atoms with van der Waals surface area (Å²) in [5.74, 6) is 1.29. The average molecular weight is 136 g/mol. The number of aromatic nitrogens is 2. The van der Waals surface area contributed by atoms with Crippen molar-refractivity contribution in [1.82, 2.24) is 9.55 Å². The third-order valence-electron chi connectivity index (χ3n) is 2.17. The maximum atomic E-state index is 4.33. The molecule has 10 heavy (non-hydrogen) atoms. The van der Waals surface area contributed by atoms with E-state index < -0.39 is 0 Å². The highest BCUT2D eigenvalue weighted by atomic mass is 15.1. The second-order valence-electron chi connectivity index (χ2n) is 2.77. The zero-order chi connectivity index (χ0) is 6.97. The van der Waals surface area contributed by atoms with Crippen LogP contribution in [-0.4, -0.2) is 9.55 Å². The summed E-state index contributed by atoms with van der Waals surface area (Å²) in [4.78, 5) is 4.33. The number of hydrogen-bond acceptors (Lipinski definition) is 1. The fraction of sp³-hybridized carbons (Fsp3) is 0.625. The van der Waals surface area contributed by atoms with Gasteiger partial charge in [-0.3, -0.25) is 0 Å². The van der Waals surface area contributed by atoms with Crippen molar-refractivity contribution in [3.63, 3.8) is 0 Å². The van der Waals surface area contributed by atoms with Crippen molar-refractivity contribution in [3.05, 3.63) is 17.7 Å². The summed E-state index contributed by atoms with van der Waals surface area (Å²) in [6.45, 7) is 3.38. The molecule has 2 heterocycles. The minimum atomic E-state index is 1.12. The second kappa shape index (κ2) is 2.11. The number of fused-ring (bicyclic) bond motifs is 1. The Morgan fingerprint density at radius 2 is 2.60 bits per heavy atom. The third-order valence-corrected chi connectivity index (χ3v) is 2.17. The van der Waals surface area contributed by atoms with Gasteiger partial charge in [-0.05, 0) is 12.8 Å². The van der Waals surface area contributed by atoms with Gasteiger partial charge in [-0.25, -0.2) is 4.98 Å². The fourth-order valence-electron chi connectivity index (χ4n) is 1.60. The van der Waals surface area contributed by atoms with Crippen LogP contribution in [0.3, 0.4) is 0 Å². The highest BCUT2D eigenvalue weighted by Crippen LogP contribution is 2.15. The lowest BCUT2D eigenvalue weighted by molar-refractivity contribution is 0.711. The van der Waals surface area contributed by atoms with Crippen LogP contribution in [0, 0.1) is 0 Å². The van der Waals surface area contributed by atoms with Crippen molar-refractivity contribution in [2.75, 3.05) is 0 Å². The highest BCUT2D eigenvalue weighted by molar-refractivity contribution is 5.08. The van der Waals surface area contributed by atoms with Crippen LogP contribution >= 0.6 is 0 Å². The number of rotatable bonds is 1. The first-order valence-corrected chi connectivity index (χ1v) is 3.95. The Bertz CT molecular complexity index is 237. The molecule has 54 valence electrons. The predicted octanol–water partition coefficient (Wildman–Crippen LogP) is 1.39. The Balaban J connectivity index is 2.44. The van der Waals surface area contributed by atoms with Crippen LogP contribution in [0.15, 0.2) is 6.20 Å². The quantitative estimate of drug-likeness (QED) is 0.570. The van der Waals surface area contributed by atoms with Crippen LogP contribution in [-0.2, 0) is 19.4 Å². The smallest absolute Gasteiger partial charge is 0.108 e. The van der Waals surface area contributed by atoms with Gasteiger partial charge in [0.1, 0.15) is 5.82 Å². The molecule has 0 saturated heterocycles. The molecule has 0 saturated carbocycles. The van der Waals surface area contributed by atoms with E-state index in [1.807, 2.05) is 6.20 Å². The normalized spacial score (nSPS) is 15.7. The lowest BCUT2D eigenvalue weighted by Crippen LogP contribution is -1.96. The van der Waals surface area contributed by atoms with Crippen molar-refractivity contribution in [1.29, 1.82) is 0 Å². The van der Waals surface area contributed by atoms with E-state index in [0.29, 0.717) is 0 Å². The molecule has 0 radical (unpaired) electrons. The molecule has 0 unspecified atom stereocenters. The maximum Gasteiger partial charge on any atom is 0.108 e. The third kappa shape index (κ3) is 0.681. The molecule has 2 heteroatoms. The molecule has 0 spiro atoms. The first-order chi connectivity index (χ1) is 4.92. The molecule has 1 aliphatic heterocycles. The summed E-state index contributed by atoms with van der Waals surface area (Å²) in [5, 5.41) is 0. The van der Waals surface area contributed by atoms with Gasteiger partial charge >= 0.3 is 0 Å². The van der Waals surface area contributed by atoms with Crippen LogP contribution in [0.25, 0.3) is 0 Å². The molecule has 1 aliphatic rings. The monoisotopic (exact) mass is 136 g/mol.